The van der Waals surface area contributed by atoms with E-state index in [-0.39, 0.29) is 45.1 Å². The summed E-state index contributed by atoms with van der Waals surface area (Å²) in [5, 5.41) is 43.8. The second-order valence-electron chi connectivity index (χ2n) is 18.6. The third-order valence-electron chi connectivity index (χ3n) is 16.2. The van der Waals surface area contributed by atoms with Crippen molar-refractivity contribution in [2.24, 2.45) is 50.2 Å². The Hall–Kier alpha value is -1.03. The van der Waals surface area contributed by atoms with Crippen molar-refractivity contribution in [3.05, 3.63) is 11.6 Å². The second-order valence-corrected chi connectivity index (χ2v) is 18.6. The predicted octanol–water partition coefficient (Wildman–Crippen LogP) is 5.53. The van der Waals surface area contributed by atoms with Gasteiger partial charge in [-0.2, -0.15) is 0 Å². The molecule has 0 aromatic heterocycles. The molecule has 0 spiro atoms. The smallest absolute Gasteiger partial charge is 0.312 e. The van der Waals surface area contributed by atoms with E-state index in [1.165, 1.54) is 12.7 Å². The van der Waals surface area contributed by atoms with Crippen LogP contribution in [-0.2, 0) is 19.0 Å². The zero-order chi connectivity index (χ0) is 34.0. The van der Waals surface area contributed by atoms with Gasteiger partial charge in [0.2, 0.25) is 0 Å². The highest BCUT2D eigenvalue weighted by atomic mass is 16.7. The number of ether oxygens (including phenoxy) is 3. The molecule has 4 saturated carbocycles. The number of carbonyl (C=O) groups excluding carboxylic acids is 1. The monoisotopic (exact) mass is 646 g/mol. The number of hydrogen-bond donors (Lipinski definition) is 4. The van der Waals surface area contributed by atoms with Crippen LogP contribution in [0.1, 0.15) is 120 Å². The first kappa shape index (κ1) is 34.8. The van der Waals surface area contributed by atoms with Crippen LogP contribution in [0, 0.1) is 50.2 Å². The quantitative estimate of drug-likeness (QED) is 0.179. The van der Waals surface area contributed by atoms with Crippen molar-refractivity contribution in [2.75, 3.05) is 7.11 Å². The average molecular weight is 647 g/mol. The summed E-state index contributed by atoms with van der Waals surface area (Å²) < 4.78 is 17.9. The Morgan fingerprint density at radius 1 is 0.848 bits per heavy atom. The maximum atomic E-state index is 13.7. The van der Waals surface area contributed by atoms with Crippen LogP contribution in [0.3, 0.4) is 0 Å². The molecule has 46 heavy (non-hydrogen) atoms. The van der Waals surface area contributed by atoms with E-state index in [1.54, 1.807) is 6.92 Å². The Balaban J connectivity index is 1.34. The minimum absolute atomic E-state index is 0.00951. The minimum Gasteiger partial charge on any atom is -0.469 e. The van der Waals surface area contributed by atoms with Crippen LogP contribution in [0.25, 0.3) is 0 Å². The molecule has 14 unspecified atom stereocenters. The Kier molecular flexibility index (Phi) is 8.12. The number of aliphatic hydroxyl groups excluding tert-OH is 3. The Morgan fingerprint density at radius 3 is 2.15 bits per heavy atom. The molecule has 262 valence electrons. The highest BCUT2D eigenvalue weighted by molar-refractivity contribution is 5.79. The summed E-state index contributed by atoms with van der Waals surface area (Å²) in [5.41, 5.74) is -1.14. The lowest BCUT2D eigenvalue weighted by molar-refractivity contribution is -0.324. The summed E-state index contributed by atoms with van der Waals surface area (Å²) in [6.07, 6.45) is 4.88. The van der Waals surface area contributed by atoms with Crippen LogP contribution < -0.4 is 0 Å². The van der Waals surface area contributed by atoms with Crippen LogP contribution in [0.5, 0.6) is 0 Å². The van der Waals surface area contributed by atoms with Crippen molar-refractivity contribution in [2.45, 2.75) is 163 Å². The number of hydrogen-bond acceptors (Lipinski definition) is 8. The van der Waals surface area contributed by atoms with E-state index in [0.29, 0.717) is 11.8 Å². The first-order valence-electron chi connectivity index (χ1n) is 18.0. The van der Waals surface area contributed by atoms with Crippen molar-refractivity contribution in [3.8, 4) is 0 Å². The fourth-order valence-electron chi connectivity index (χ4n) is 12.6. The molecule has 0 bridgehead atoms. The van der Waals surface area contributed by atoms with Gasteiger partial charge in [-0.05, 0) is 111 Å². The molecule has 0 aromatic rings. The van der Waals surface area contributed by atoms with Crippen LogP contribution in [0.4, 0.5) is 0 Å². The van der Waals surface area contributed by atoms with Crippen molar-refractivity contribution < 1.29 is 39.4 Å². The van der Waals surface area contributed by atoms with Gasteiger partial charge in [-0.25, -0.2) is 0 Å². The minimum atomic E-state index is -1.31. The van der Waals surface area contributed by atoms with E-state index in [1.807, 2.05) is 6.92 Å². The van der Waals surface area contributed by atoms with Crippen LogP contribution in [0.15, 0.2) is 11.6 Å². The lowest BCUT2D eigenvalue weighted by Gasteiger charge is -2.72. The molecule has 0 amide bonds. The van der Waals surface area contributed by atoms with Gasteiger partial charge in [0, 0.05) is 5.92 Å². The van der Waals surface area contributed by atoms with E-state index in [4.69, 9.17) is 14.2 Å². The summed E-state index contributed by atoms with van der Waals surface area (Å²) >= 11 is 0. The van der Waals surface area contributed by atoms with Crippen molar-refractivity contribution >= 4 is 5.97 Å². The Labute approximate surface area is 276 Å². The Bertz CT molecular complexity index is 1260. The van der Waals surface area contributed by atoms with Crippen molar-refractivity contribution in [1.29, 1.82) is 0 Å². The number of esters is 1. The van der Waals surface area contributed by atoms with Crippen molar-refractivity contribution in [1.82, 2.24) is 0 Å². The highest BCUT2D eigenvalue weighted by Crippen LogP contribution is 2.77. The molecule has 1 saturated heterocycles. The summed E-state index contributed by atoms with van der Waals surface area (Å²) in [5.74, 6) is 0.353. The molecule has 1 aliphatic heterocycles. The van der Waals surface area contributed by atoms with Crippen LogP contribution in [0.2, 0.25) is 0 Å². The normalized spacial score (nSPS) is 54.3. The molecule has 8 heteroatoms. The van der Waals surface area contributed by atoms with Gasteiger partial charge in [0.15, 0.2) is 6.29 Å². The van der Waals surface area contributed by atoms with Gasteiger partial charge in [-0.3, -0.25) is 4.79 Å². The molecule has 8 nitrogen and oxygen atoms in total. The number of methoxy groups -OCH3 is 1. The first-order valence-corrected chi connectivity index (χ1v) is 18.0. The largest absolute Gasteiger partial charge is 0.469 e. The van der Waals surface area contributed by atoms with Gasteiger partial charge in [-0.15, -0.1) is 0 Å². The number of carbonyl (C=O) groups is 1. The first-order chi connectivity index (χ1) is 21.2. The van der Waals surface area contributed by atoms with Crippen LogP contribution in [-0.4, -0.2) is 75.9 Å². The van der Waals surface area contributed by atoms with Gasteiger partial charge < -0.3 is 34.6 Å². The number of allylic oxidation sites excluding steroid dienone is 1. The summed E-state index contributed by atoms with van der Waals surface area (Å²) in [4.78, 5) is 13.7. The second kappa shape index (κ2) is 10.7. The zero-order valence-corrected chi connectivity index (χ0v) is 30.1. The van der Waals surface area contributed by atoms with Gasteiger partial charge in [0.25, 0.3) is 0 Å². The summed E-state index contributed by atoms with van der Waals surface area (Å²) in [6.45, 7) is 20.0. The molecule has 4 N–H and O–H groups in total. The molecule has 6 rings (SSSR count). The average Bonchev–Trinajstić information content (AvgIpc) is 2.98. The SMILES string of the molecule is COC(=O)C12CCC(C)(C)C(C)(O)C1C1=CCC3C4(C)CCC(OC5OC(C)C(O)C(O)C5O)C(C)(C)C4CCC3(C)C1(C)CC2. The predicted molar refractivity (Wildman–Crippen MR) is 174 cm³/mol. The number of aliphatic hydroxyl groups is 4. The molecule has 5 fully saturated rings. The Morgan fingerprint density at radius 2 is 1.50 bits per heavy atom. The van der Waals surface area contributed by atoms with E-state index in [9.17, 15) is 25.2 Å². The third kappa shape index (κ3) is 4.35. The fourth-order valence-corrected chi connectivity index (χ4v) is 12.6. The summed E-state index contributed by atoms with van der Waals surface area (Å²) in [7, 11) is 1.50. The maximum absolute atomic E-state index is 13.7. The lowest BCUT2D eigenvalue weighted by atomic mass is 9.32. The van der Waals surface area contributed by atoms with Gasteiger partial charge in [-0.1, -0.05) is 60.1 Å². The fraction of sp³-hybridized carbons (Fsp3) is 0.921. The molecule has 0 aromatic carbocycles. The van der Waals surface area contributed by atoms with E-state index >= 15 is 0 Å². The van der Waals surface area contributed by atoms with E-state index in [2.05, 4.69) is 54.5 Å². The molecular formula is C38H62O8. The number of fused-ring (bicyclic) bond motifs is 7. The van der Waals surface area contributed by atoms with Crippen molar-refractivity contribution in [3.63, 3.8) is 0 Å². The van der Waals surface area contributed by atoms with Gasteiger partial charge >= 0.3 is 5.97 Å². The lowest BCUT2D eigenvalue weighted by Crippen LogP contribution is -2.69. The molecule has 6 aliphatic rings. The molecular weight excluding hydrogens is 584 g/mol. The standard InChI is InChI=1S/C38H62O8/c1-21-26(39)27(40)28(41)30(45-21)46-25-14-15-34(6)23(33(25,4)5)13-16-36(8)24(34)12-11-22-29-37(9,43)32(2,3)17-19-38(29,31(42)44-10)20-18-35(22,36)7/h11,21,23-30,39-41,43H,12-20H2,1-10H3. The van der Waals surface area contributed by atoms with Gasteiger partial charge in [0.1, 0.15) is 18.3 Å². The molecule has 0 radical (unpaired) electrons. The van der Waals surface area contributed by atoms with Gasteiger partial charge in [0.05, 0.1) is 30.3 Å². The molecule has 1 heterocycles. The van der Waals surface area contributed by atoms with E-state index in [0.717, 1.165) is 57.8 Å². The maximum Gasteiger partial charge on any atom is 0.312 e. The summed E-state index contributed by atoms with van der Waals surface area (Å²) in [6, 6.07) is 0. The third-order valence-corrected chi connectivity index (χ3v) is 16.2. The molecule has 5 aliphatic carbocycles. The molecule has 14 atom stereocenters. The topological polar surface area (TPSA) is 126 Å². The highest BCUT2D eigenvalue weighted by Gasteiger charge is 2.72. The zero-order valence-electron chi connectivity index (χ0n) is 30.1. The van der Waals surface area contributed by atoms with E-state index < -0.39 is 41.7 Å². The number of rotatable bonds is 3. The van der Waals surface area contributed by atoms with Crippen LogP contribution >= 0.6 is 0 Å².